The highest BCUT2D eigenvalue weighted by Crippen LogP contribution is 2.47. The Kier molecular flexibility index (Phi) is 6.03. The minimum absolute atomic E-state index is 0.114. The van der Waals surface area contributed by atoms with Crippen LogP contribution in [0.5, 0.6) is 5.75 Å². The summed E-state index contributed by atoms with van der Waals surface area (Å²) in [6.45, 7) is 0.770. The van der Waals surface area contributed by atoms with Crippen LogP contribution in [-0.4, -0.2) is 29.5 Å². The summed E-state index contributed by atoms with van der Waals surface area (Å²) in [5, 5.41) is 0.201. The van der Waals surface area contributed by atoms with Gasteiger partial charge in [0, 0.05) is 11.8 Å². The Bertz CT molecular complexity index is 937. The first-order chi connectivity index (χ1) is 14.1. The van der Waals surface area contributed by atoms with E-state index in [2.05, 4.69) is 4.99 Å². The van der Waals surface area contributed by atoms with Crippen molar-refractivity contribution in [2.75, 3.05) is 6.61 Å². The van der Waals surface area contributed by atoms with Crippen molar-refractivity contribution in [2.24, 2.45) is 16.5 Å². The van der Waals surface area contributed by atoms with Crippen molar-refractivity contribution in [1.29, 1.82) is 0 Å². The Morgan fingerprint density at radius 2 is 2.24 bits per heavy atom. The van der Waals surface area contributed by atoms with E-state index >= 15 is 0 Å². The predicted octanol–water partition coefficient (Wildman–Crippen LogP) is 3.39. The van der Waals surface area contributed by atoms with Gasteiger partial charge in [0.1, 0.15) is 17.5 Å². The molecule has 3 unspecified atom stereocenters. The predicted molar refractivity (Wildman–Crippen MR) is 108 cm³/mol. The number of hydrogen-bond acceptors (Lipinski definition) is 6. The maximum atomic E-state index is 11.7. The third-order valence-corrected chi connectivity index (χ3v) is 5.97. The zero-order valence-corrected chi connectivity index (χ0v) is 17.0. The second-order valence-electron chi connectivity index (χ2n) is 6.51. The molecule has 9 nitrogen and oxygen atoms in total. The number of para-hydroxylation sites is 1. The summed E-state index contributed by atoms with van der Waals surface area (Å²) in [4.78, 5) is 15.7. The average Bonchev–Trinajstić information content (AvgIpc) is 3.31. The quantitative estimate of drug-likeness (QED) is 0.405. The first-order valence-electron chi connectivity index (χ1n) is 8.98. The molecule has 1 amide bonds. The Hall–Kier alpha value is -2.16. The largest absolute Gasteiger partial charge is 0.426 e. The lowest BCUT2D eigenvalue weighted by molar-refractivity contribution is -0.0196. The van der Waals surface area contributed by atoms with Gasteiger partial charge < -0.3 is 25.3 Å². The van der Waals surface area contributed by atoms with Gasteiger partial charge in [-0.2, -0.15) is 0 Å². The van der Waals surface area contributed by atoms with Crippen LogP contribution < -0.4 is 16.0 Å². The fraction of sp³-hybridized carbons (Fsp3) is 0.333. The lowest BCUT2D eigenvalue weighted by Crippen LogP contribution is -2.17. The van der Waals surface area contributed by atoms with Crippen LogP contribution in [0.2, 0.25) is 5.02 Å². The molecule has 1 aromatic heterocycles. The van der Waals surface area contributed by atoms with Crippen LogP contribution in [0.4, 0.5) is 5.82 Å². The summed E-state index contributed by atoms with van der Waals surface area (Å²) in [5.41, 5.74) is 11.9. The van der Waals surface area contributed by atoms with Gasteiger partial charge in [-0.05, 0) is 18.9 Å². The molecule has 3 heterocycles. The van der Waals surface area contributed by atoms with E-state index in [-0.39, 0.29) is 28.7 Å². The van der Waals surface area contributed by atoms with Crippen molar-refractivity contribution in [3.63, 3.8) is 0 Å². The number of amides is 1. The van der Waals surface area contributed by atoms with Crippen LogP contribution in [0.25, 0.3) is 0 Å². The highest BCUT2D eigenvalue weighted by Gasteiger charge is 2.32. The minimum atomic E-state index is -1.47. The number of fused-ring (bicyclic) bond motifs is 1. The van der Waals surface area contributed by atoms with Gasteiger partial charge in [-0.1, -0.05) is 29.8 Å². The number of nitrogens with zero attached hydrogens (tertiary/aromatic N) is 2. The number of aromatic nitrogens is 1. The van der Waals surface area contributed by atoms with Crippen molar-refractivity contribution in [3.8, 4) is 5.75 Å². The van der Waals surface area contributed by atoms with E-state index in [1.165, 1.54) is 0 Å². The zero-order chi connectivity index (χ0) is 20.4. The van der Waals surface area contributed by atoms with E-state index in [9.17, 15) is 4.79 Å². The van der Waals surface area contributed by atoms with Gasteiger partial charge in [0.05, 0.1) is 30.7 Å². The Morgan fingerprint density at radius 1 is 1.41 bits per heavy atom. The van der Waals surface area contributed by atoms with Gasteiger partial charge >= 0.3 is 8.60 Å². The number of aliphatic imine (C=N–C) groups is 1. The smallest absolute Gasteiger partial charge is 0.397 e. The number of carbonyl (C=O) groups is 1. The van der Waals surface area contributed by atoms with Crippen molar-refractivity contribution < 1.29 is 23.1 Å². The van der Waals surface area contributed by atoms with E-state index in [1.54, 1.807) is 10.8 Å². The number of halogens is 1. The summed E-state index contributed by atoms with van der Waals surface area (Å²) in [5.74, 6) is 0.374. The molecule has 29 heavy (non-hydrogen) atoms. The van der Waals surface area contributed by atoms with E-state index in [0.717, 1.165) is 24.1 Å². The second kappa shape index (κ2) is 8.69. The molecule has 1 aromatic carbocycles. The molecule has 154 valence electrons. The summed E-state index contributed by atoms with van der Waals surface area (Å²) in [7, 11) is -1.47. The average molecular weight is 439 g/mol. The Morgan fingerprint density at radius 3 is 3.03 bits per heavy atom. The molecule has 0 spiro atoms. The van der Waals surface area contributed by atoms with Crippen LogP contribution in [-0.2, 0) is 20.4 Å². The van der Waals surface area contributed by atoms with Gasteiger partial charge in [0.2, 0.25) is 0 Å². The van der Waals surface area contributed by atoms with Gasteiger partial charge in [-0.15, -0.1) is 0 Å². The Balaban J connectivity index is 1.38. The van der Waals surface area contributed by atoms with Crippen molar-refractivity contribution >= 4 is 38.3 Å². The fourth-order valence-electron chi connectivity index (χ4n) is 3.30. The topological polar surface area (TPSA) is 123 Å². The van der Waals surface area contributed by atoms with E-state index < -0.39 is 14.5 Å². The SMILES string of the molecule is N/C=N\c1c(C(N)=O)c(Cl)cn1C1CCC(COP2OCc3ccccc3O2)O1. The molecule has 1 fully saturated rings. The number of ether oxygens (including phenoxy) is 1. The third-order valence-electron chi connectivity index (χ3n) is 4.63. The minimum Gasteiger partial charge on any atom is -0.426 e. The lowest BCUT2D eigenvalue weighted by Gasteiger charge is -2.24. The van der Waals surface area contributed by atoms with Crippen LogP contribution in [0.1, 0.15) is 35.0 Å². The number of primary amides is 1. The van der Waals surface area contributed by atoms with Gasteiger partial charge in [0.15, 0.2) is 5.82 Å². The summed E-state index contributed by atoms with van der Waals surface area (Å²) < 4.78 is 24.9. The van der Waals surface area contributed by atoms with E-state index in [0.29, 0.717) is 19.6 Å². The number of rotatable bonds is 6. The van der Waals surface area contributed by atoms with Crippen LogP contribution >= 0.6 is 20.2 Å². The summed E-state index contributed by atoms with van der Waals surface area (Å²) in [6, 6.07) is 7.69. The molecule has 0 saturated carbocycles. The number of carbonyl (C=O) groups excluding carboxylic acids is 1. The van der Waals surface area contributed by atoms with Gasteiger partial charge in [-0.3, -0.25) is 13.8 Å². The van der Waals surface area contributed by atoms with Gasteiger partial charge in [0.25, 0.3) is 5.91 Å². The summed E-state index contributed by atoms with van der Waals surface area (Å²) >= 11 is 6.15. The first kappa shape index (κ1) is 20.1. The molecule has 0 aliphatic carbocycles. The number of hydrogen-bond donors (Lipinski definition) is 2. The normalized spacial score (nSPS) is 23.8. The van der Waals surface area contributed by atoms with Crippen molar-refractivity contribution in [1.82, 2.24) is 4.57 Å². The molecule has 2 aliphatic heterocycles. The molecule has 2 aromatic rings. The van der Waals surface area contributed by atoms with Crippen molar-refractivity contribution in [3.05, 3.63) is 46.6 Å². The summed E-state index contributed by atoms with van der Waals surface area (Å²) in [6.07, 6.45) is 3.56. The van der Waals surface area contributed by atoms with Crippen molar-refractivity contribution in [2.45, 2.75) is 31.8 Å². The molecule has 1 saturated heterocycles. The number of benzene rings is 1. The molecular formula is C18H20ClN4O5P. The third kappa shape index (κ3) is 4.24. The maximum Gasteiger partial charge on any atom is 0.397 e. The highest BCUT2D eigenvalue weighted by atomic mass is 35.5. The standard InChI is InChI=1S/C18H20ClN4O5P/c19-13-7-23(18(22-10-20)16(13)17(21)24)15-6-5-12(27-15)9-26-29-25-8-11-3-1-2-4-14(11)28-29/h1-4,7,10,12,15H,5-6,8-9H2,(H2,20,22)(H2,21,24). The monoisotopic (exact) mass is 438 g/mol. The molecule has 2 aliphatic rings. The van der Waals surface area contributed by atoms with Gasteiger partial charge in [-0.25, -0.2) is 4.99 Å². The second-order valence-corrected chi connectivity index (χ2v) is 8.06. The van der Waals surface area contributed by atoms with E-state index in [4.69, 9.17) is 41.4 Å². The molecule has 0 radical (unpaired) electrons. The molecule has 3 atom stereocenters. The first-order valence-corrected chi connectivity index (χ1v) is 10.5. The van der Waals surface area contributed by atoms with Crippen LogP contribution in [0, 0.1) is 0 Å². The zero-order valence-electron chi connectivity index (χ0n) is 15.4. The fourth-order valence-corrected chi connectivity index (χ4v) is 4.63. The van der Waals surface area contributed by atoms with Crippen LogP contribution in [0.3, 0.4) is 0 Å². The van der Waals surface area contributed by atoms with E-state index in [1.807, 2.05) is 24.3 Å². The molecule has 4 N–H and O–H groups in total. The molecule has 11 heteroatoms. The maximum absolute atomic E-state index is 11.7. The molecule has 0 bridgehead atoms. The lowest BCUT2D eigenvalue weighted by atomic mass is 10.2. The molecule has 4 rings (SSSR count). The van der Waals surface area contributed by atoms with Crippen LogP contribution in [0.15, 0.2) is 35.5 Å². The number of nitrogens with two attached hydrogens (primary N) is 2. The Labute approximate surface area is 173 Å². The molecular weight excluding hydrogens is 419 g/mol. The highest BCUT2D eigenvalue weighted by molar-refractivity contribution is 7.42.